The van der Waals surface area contributed by atoms with Gasteiger partial charge in [0.05, 0.1) is 36.9 Å². The number of piperidine rings is 1. The molecule has 0 radical (unpaired) electrons. The highest BCUT2D eigenvalue weighted by Gasteiger charge is 2.44. The number of hydrogen-bond acceptors (Lipinski definition) is 7. The highest BCUT2D eigenvalue weighted by Crippen LogP contribution is 2.46. The summed E-state index contributed by atoms with van der Waals surface area (Å²) in [7, 11) is 0. The lowest BCUT2D eigenvalue weighted by atomic mass is 9.67. The molecule has 0 bridgehead atoms. The van der Waals surface area contributed by atoms with Gasteiger partial charge in [0.25, 0.3) is 0 Å². The van der Waals surface area contributed by atoms with Crippen LogP contribution in [0.5, 0.6) is 0 Å². The first-order valence-electron chi connectivity index (χ1n) is 12.6. The molecular weight excluding hydrogens is 430 g/mol. The lowest BCUT2D eigenvalue weighted by Crippen LogP contribution is -2.62. The van der Waals surface area contributed by atoms with Crippen molar-refractivity contribution in [2.75, 3.05) is 32.8 Å². The smallest absolute Gasteiger partial charge is 0.227 e. The molecule has 4 rings (SSSR count). The fourth-order valence-corrected chi connectivity index (χ4v) is 6.74. The minimum Gasteiger partial charge on any atom is -0.379 e. The van der Waals surface area contributed by atoms with E-state index in [2.05, 4.69) is 16.0 Å². The van der Waals surface area contributed by atoms with Gasteiger partial charge in [-0.3, -0.25) is 4.79 Å². The molecule has 4 fully saturated rings. The van der Waals surface area contributed by atoms with Crippen LogP contribution in [0.2, 0.25) is 0 Å². The van der Waals surface area contributed by atoms with Crippen molar-refractivity contribution in [1.82, 2.24) is 16.0 Å². The quantitative estimate of drug-likeness (QED) is 0.287. The van der Waals surface area contributed by atoms with E-state index in [1.54, 1.807) is 0 Å². The van der Waals surface area contributed by atoms with Crippen molar-refractivity contribution in [2.24, 2.45) is 22.8 Å². The number of carbonyl (C=O) groups is 1. The fraction of sp³-hybridized carbons (Fsp3) is 0.957. The van der Waals surface area contributed by atoms with E-state index in [-0.39, 0.29) is 41.0 Å². The minimum absolute atomic E-state index is 0.0273. The average molecular weight is 472 g/mol. The summed E-state index contributed by atoms with van der Waals surface area (Å²) in [6.07, 6.45) is 9.13. The van der Waals surface area contributed by atoms with Crippen molar-refractivity contribution in [3.8, 4) is 0 Å². The lowest BCUT2D eigenvalue weighted by Gasteiger charge is -2.41. The van der Waals surface area contributed by atoms with Gasteiger partial charge in [-0.05, 0) is 50.5 Å². The highest BCUT2D eigenvalue weighted by molar-refractivity contribution is 6.20. The van der Waals surface area contributed by atoms with Crippen molar-refractivity contribution in [3.63, 3.8) is 0 Å². The van der Waals surface area contributed by atoms with Crippen LogP contribution in [0.3, 0.4) is 0 Å². The van der Waals surface area contributed by atoms with E-state index in [1.807, 2.05) is 0 Å². The number of nitrogens with two attached hydrogens (primary N) is 2. The number of rotatable bonds is 6. The molecule has 1 aliphatic carbocycles. The third kappa shape index (κ3) is 6.14. The number of alkyl halides is 1. The van der Waals surface area contributed by atoms with E-state index in [0.29, 0.717) is 19.7 Å². The molecular formula is C23H42ClN5O3. The minimum atomic E-state index is -0.737. The lowest BCUT2D eigenvalue weighted by molar-refractivity contribution is -0.130. The molecule has 1 spiro atoms. The Labute approximate surface area is 197 Å². The summed E-state index contributed by atoms with van der Waals surface area (Å²) >= 11 is 6.67. The summed E-state index contributed by atoms with van der Waals surface area (Å²) in [5.41, 5.74) is 12.6. The normalized spacial score (nSPS) is 36.7. The number of amides is 1. The van der Waals surface area contributed by atoms with E-state index in [1.165, 1.54) is 32.1 Å². The molecule has 0 aromatic heterocycles. The van der Waals surface area contributed by atoms with Crippen LogP contribution in [0.1, 0.15) is 57.8 Å². The van der Waals surface area contributed by atoms with Gasteiger partial charge >= 0.3 is 0 Å². The predicted octanol–water partition coefficient (Wildman–Crippen LogP) is 0.808. The van der Waals surface area contributed by atoms with Crippen molar-refractivity contribution >= 4 is 17.5 Å². The molecule has 3 saturated heterocycles. The second-order valence-corrected chi connectivity index (χ2v) is 11.1. The Morgan fingerprint density at radius 1 is 1.16 bits per heavy atom. The van der Waals surface area contributed by atoms with E-state index >= 15 is 0 Å². The van der Waals surface area contributed by atoms with Gasteiger partial charge in [-0.1, -0.05) is 19.3 Å². The molecule has 0 aromatic rings. The van der Waals surface area contributed by atoms with Crippen LogP contribution in [0, 0.1) is 11.3 Å². The van der Waals surface area contributed by atoms with E-state index in [9.17, 15) is 4.79 Å². The standard InChI is InChI=1S/C23H42ClN5O3/c24-15-10-23(6-2-1-3-7-23)11-17(28-12-15)20(21(25)26)22(30)29-18-13-27-8-4-19(18)32-16-5-9-31-14-16/h15-21,27-28H,1-14,25-26H2,(H,29,30)/t15?,16-,17?,18?,19?,20?/m1/s1. The van der Waals surface area contributed by atoms with Crippen molar-refractivity contribution in [3.05, 3.63) is 0 Å². The van der Waals surface area contributed by atoms with Gasteiger partial charge in [-0.25, -0.2) is 0 Å². The molecule has 4 aliphatic rings. The molecule has 3 aliphatic heterocycles. The monoisotopic (exact) mass is 471 g/mol. The topological polar surface area (TPSA) is 124 Å². The number of ether oxygens (including phenoxy) is 2. The first kappa shape index (κ1) is 24.6. The Bertz CT molecular complexity index is 612. The van der Waals surface area contributed by atoms with Crippen molar-refractivity contribution < 1.29 is 14.3 Å². The summed E-state index contributed by atoms with van der Waals surface area (Å²) < 4.78 is 11.8. The molecule has 1 amide bonds. The van der Waals surface area contributed by atoms with E-state index in [4.69, 9.17) is 32.5 Å². The third-order valence-electron chi connectivity index (χ3n) is 7.98. The second-order valence-electron chi connectivity index (χ2n) is 10.5. The van der Waals surface area contributed by atoms with Crippen molar-refractivity contribution in [2.45, 2.75) is 93.6 Å². The SMILES string of the molecule is NC(N)C(C(=O)NC1CNCCC1O[C@@H]1CCOC1)C1CC2(CCCCC2)CC(Cl)CN1. The summed E-state index contributed by atoms with van der Waals surface area (Å²) in [5.74, 6) is -0.588. The average Bonchev–Trinajstić information content (AvgIpc) is 3.21. The largest absolute Gasteiger partial charge is 0.379 e. The van der Waals surface area contributed by atoms with Crippen LogP contribution in [-0.4, -0.2) is 74.6 Å². The number of carbonyl (C=O) groups excluding carboxylic acids is 1. The number of halogens is 1. The maximum atomic E-state index is 13.5. The third-order valence-corrected chi connectivity index (χ3v) is 8.28. The van der Waals surface area contributed by atoms with Crippen LogP contribution in [0.15, 0.2) is 0 Å². The van der Waals surface area contributed by atoms with E-state index < -0.39 is 12.1 Å². The Kier molecular flexibility index (Phi) is 8.70. The van der Waals surface area contributed by atoms with Crippen LogP contribution >= 0.6 is 11.6 Å². The van der Waals surface area contributed by atoms with Gasteiger partial charge in [-0.15, -0.1) is 11.6 Å². The summed E-state index contributed by atoms with van der Waals surface area (Å²) in [6.45, 7) is 3.63. The first-order valence-corrected chi connectivity index (χ1v) is 13.0. The highest BCUT2D eigenvalue weighted by atomic mass is 35.5. The molecule has 7 N–H and O–H groups in total. The number of hydrogen-bond donors (Lipinski definition) is 5. The van der Waals surface area contributed by atoms with Crippen LogP contribution in [0.4, 0.5) is 0 Å². The second kappa shape index (κ2) is 11.3. The first-order chi connectivity index (χ1) is 15.5. The molecule has 9 heteroatoms. The molecule has 3 heterocycles. The van der Waals surface area contributed by atoms with Crippen LogP contribution < -0.4 is 27.4 Å². The van der Waals surface area contributed by atoms with Gasteiger partial charge in [-0.2, -0.15) is 0 Å². The molecule has 0 aromatic carbocycles. The molecule has 184 valence electrons. The van der Waals surface area contributed by atoms with Gasteiger partial charge in [0.1, 0.15) is 0 Å². The molecule has 8 nitrogen and oxygen atoms in total. The summed E-state index contributed by atoms with van der Waals surface area (Å²) in [4.78, 5) is 13.5. The van der Waals surface area contributed by atoms with E-state index in [0.717, 1.165) is 38.8 Å². The van der Waals surface area contributed by atoms with Gasteiger partial charge in [0, 0.05) is 31.1 Å². The Morgan fingerprint density at radius 3 is 2.69 bits per heavy atom. The Morgan fingerprint density at radius 2 is 1.97 bits per heavy atom. The number of nitrogens with one attached hydrogen (secondary N) is 3. The Hall–Kier alpha value is -0.480. The zero-order valence-corrected chi connectivity index (χ0v) is 20.0. The van der Waals surface area contributed by atoms with Gasteiger partial charge in [0.2, 0.25) is 5.91 Å². The van der Waals surface area contributed by atoms with Crippen molar-refractivity contribution in [1.29, 1.82) is 0 Å². The fourth-order valence-electron chi connectivity index (χ4n) is 6.32. The van der Waals surface area contributed by atoms with Gasteiger partial charge in [0.15, 0.2) is 0 Å². The van der Waals surface area contributed by atoms with Crippen LogP contribution in [-0.2, 0) is 14.3 Å². The van der Waals surface area contributed by atoms with Crippen LogP contribution in [0.25, 0.3) is 0 Å². The molecule has 32 heavy (non-hydrogen) atoms. The summed E-state index contributed by atoms with van der Waals surface area (Å²) in [5, 5.41) is 10.3. The zero-order chi connectivity index (χ0) is 22.6. The molecule has 5 unspecified atom stereocenters. The Balaban J connectivity index is 1.44. The maximum absolute atomic E-state index is 13.5. The zero-order valence-electron chi connectivity index (χ0n) is 19.2. The van der Waals surface area contributed by atoms with Gasteiger partial charge < -0.3 is 36.9 Å². The molecule has 6 atom stereocenters. The predicted molar refractivity (Wildman–Crippen MR) is 125 cm³/mol. The summed E-state index contributed by atoms with van der Waals surface area (Å²) in [6, 6.07) is -0.177. The molecule has 1 saturated carbocycles. The maximum Gasteiger partial charge on any atom is 0.227 e.